The Hall–Kier alpha value is -1.90. The molecule has 0 fully saturated rings. The van der Waals surface area contributed by atoms with E-state index in [1.54, 1.807) is 30.4 Å². The Morgan fingerprint density at radius 1 is 1.45 bits per heavy atom. The van der Waals surface area contributed by atoms with Crippen LogP contribution in [0, 0.1) is 11.8 Å². The molecular weight excluding hydrogens is 254 g/mol. The van der Waals surface area contributed by atoms with Gasteiger partial charge in [0.1, 0.15) is 0 Å². The first-order valence-corrected chi connectivity index (χ1v) is 6.70. The molecule has 5 nitrogen and oxygen atoms in total. The fraction of sp³-hybridized carbons (Fsp3) is 0.467. The van der Waals surface area contributed by atoms with E-state index in [9.17, 15) is 4.79 Å². The monoisotopic (exact) mass is 275 g/mol. The Bertz CT molecular complexity index is 491. The fourth-order valence-electron chi connectivity index (χ4n) is 1.77. The molecule has 0 atom stereocenters. The highest BCUT2D eigenvalue weighted by molar-refractivity contribution is 5.96. The van der Waals surface area contributed by atoms with Gasteiger partial charge in [0.25, 0.3) is 5.91 Å². The Labute approximate surface area is 119 Å². The SMILES string of the molecule is CN(CCCCCO)C(=O)c1ccncc1C#CCN. The van der Waals surface area contributed by atoms with Crippen LogP contribution in [0.4, 0.5) is 0 Å². The average Bonchev–Trinajstić information content (AvgIpc) is 2.49. The number of pyridine rings is 1. The third-order valence-electron chi connectivity index (χ3n) is 2.87. The Kier molecular flexibility index (Phi) is 7.33. The molecule has 0 aliphatic rings. The second-order valence-corrected chi connectivity index (χ2v) is 4.44. The summed E-state index contributed by atoms with van der Waals surface area (Å²) in [5.41, 5.74) is 6.50. The normalized spacial score (nSPS) is 9.75. The molecular formula is C15H21N3O2. The van der Waals surface area contributed by atoms with Gasteiger partial charge in [-0.3, -0.25) is 9.78 Å². The number of unbranched alkanes of at least 4 members (excludes halogenated alkanes) is 2. The minimum absolute atomic E-state index is 0.0716. The lowest BCUT2D eigenvalue weighted by molar-refractivity contribution is 0.0792. The topological polar surface area (TPSA) is 79.5 Å². The van der Waals surface area contributed by atoms with Crippen LogP contribution in [-0.4, -0.2) is 47.6 Å². The van der Waals surface area contributed by atoms with E-state index in [0.717, 1.165) is 19.3 Å². The number of rotatable bonds is 6. The number of nitrogens with zero attached hydrogens (tertiary/aromatic N) is 2. The molecule has 0 saturated carbocycles. The van der Waals surface area contributed by atoms with Crippen molar-refractivity contribution >= 4 is 5.91 Å². The number of aliphatic hydroxyl groups excluding tert-OH is 1. The van der Waals surface area contributed by atoms with Crippen molar-refractivity contribution in [3.63, 3.8) is 0 Å². The summed E-state index contributed by atoms with van der Waals surface area (Å²) in [6, 6.07) is 1.67. The predicted molar refractivity (Wildman–Crippen MR) is 78.1 cm³/mol. The number of amides is 1. The third kappa shape index (κ3) is 5.00. The summed E-state index contributed by atoms with van der Waals surface area (Å²) < 4.78 is 0. The fourth-order valence-corrected chi connectivity index (χ4v) is 1.77. The van der Waals surface area contributed by atoms with Crippen LogP contribution in [0.1, 0.15) is 35.2 Å². The average molecular weight is 275 g/mol. The summed E-state index contributed by atoms with van der Waals surface area (Å²) in [5, 5.41) is 8.72. The van der Waals surface area contributed by atoms with Crippen LogP contribution in [0.15, 0.2) is 18.5 Å². The predicted octanol–water partition coefficient (Wildman–Crippen LogP) is 0.626. The standard InChI is InChI=1S/C15H21N3O2/c1-18(10-3-2-4-11-19)15(20)14-7-9-17-12-13(14)6-5-8-16/h7,9,12,19H,2-4,8,10-11,16H2,1H3. The molecule has 0 aliphatic heterocycles. The number of carbonyl (C=O) groups is 1. The maximum absolute atomic E-state index is 12.3. The van der Waals surface area contributed by atoms with E-state index in [-0.39, 0.29) is 19.1 Å². The first-order chi connectivity index (χ1) is 9.70. The zero-order valence-electron chi connectivity index (χ0n) is 11.8. The van der Waals surface area contributed by atoms with E-state index in [4.69, 9.17) is 10.8 Å². The largest absolute Gasteiger partial charge is 0.396 e. The van der Waals surface area contributed by atoms with Crippen molar-refractivity contribution in [2.24, 2.45) is 5.73 Å². The molecule has 1 aromatic heterocycles. The summed E-state index contributed by atoms with van der Waals surface area (Å²) >= 11 is 0. The first-order valence-electron chi connectivity index (χ1n) is 6.70. The second-order valence-electron chi connectivity index (χ2n) is 4.44. The van der Waals surface area contributed by atoms with E-state index < -0.39 is 0 Å². The van der Waals surface area contributed by atoms with Crippen LogP contribution >= 0.6 is 0 Å². The summed E-state index contributed by atoms with van der Waals surface area (Å²) in [4.78, 5) is 18.0. The van der Waals surface area contributed by atoms with Gasteiger partial charge in [0, 0.05) is 32.6 Å². The van der Waals surface area contributed by atoms with Gasteiger partial charge in [0.15, 0.2) is 0 Å². The van der Waals surface area contributed by atoms with Gasteiger partial charge in [-0.2, -0.15) is 0 Å². The van der Waals surface area contributed by atoms with E-state index in [0.29, 0.717) is 17.7 Å². The summed E-state index contributed by atoms with van der Waals surface area (Å²) in [6.45, 7) is 1.10. The molecule has 3 N–H and O–H groups in total. The molecule has 20 heavy (non-hydrogen) atoms. The zero-order chi connectivity index (χ0) is 14.8. The Morgan fingerprint density at radius 2 is 2.25 bits per heavy atom. The number of hydrogen-bond donors (Lipinski definition) is 2. The molecule has 0 bridgehead atoms. The van der Waals surface area contributed by atoms with Crippen molar-refractivity contribution in [2.75, 3.05) is 26.7 Å². The minimum atomic E-state index is -0.0716. The number of hydrogen-bond acceptors (Lipinski definition) is 4. The van der Waals surface area contributed by atoms with Gasteiger partial charge in [-0.1, -0.05) is 11.8 Å². The highest BCUT2D eigenvalue weighted by Gasteiger charge is 2.14. The summed E-state index contributed by atoms with van der Waals surface area (Å²) in [5.74, 6) is 5.53. The van der Waals surface area contributed by atoms with Gasteiger partial charge in [-0.25, -0.2) is 0 Å². The van der Waals surface area contributed by atoms with Crippen molar-refractivity contribution in [1.82, 2.24) is 9.88 Å². The van der Waals surface area contributed by atoms with Gasteiger partial charge in [0.2, 0.25) is 0 Å². The molecule has 0 spiro atoms. The Morgan fingerprint density at radius 3 is 2.95 bits per heavy atom. The van der Waals surface area contributed by atoms with E-state index in [2.05, 4.69) is 16.8 Å². The van der Waals surface area contributed by atoms with Crippen LogP contribution in [0.3, 0.4) is 0 Å². The Balaban J connectivity index is 2.71. The van der Waals surface area contributed by atoms with Gasteiger partial charge in [-0.05, 0) is 25.3 Å². The molecule has 1 heterocycles. The van der Waals surface area contributed by atoms with Crippen molar-refractivity contribution in [3.05, 3.63) is 29.6 Å². The van der Waals surface area contributed by atoms with E-state index >= 15 is 0 Å². The van der Waals surface area contributed by atoms with Crippen LogP contribution in [0.25, 0.3) is 0 Å². The van der Waals surface area contributed by atoms with Gasteiger partial charge in [0.05, 0.1) is 17.7 Å². The number of aromatic nitrogens is 1. The number of carbonyl (C=O) groups excluding carboxylic acids is 1. The highest BCUT2D eigenvalue weighted by atomic mass is 16.2. The quantitative estimate of drug-likeness (QED) is 0.589. The van der Waals surface area contributed by atoms with Crippen LogP contribution in [0.5, 0.6) is 0 Å². The third-order valence-corrected chi connectivity index (χ3v) is 2.87. The van der Waals surface area contributed by atoms with Crippen molar-refractivity contribution < 1.29 is 9.90 Å². The smallest absolute Gasteiger partial charge is 0.254 e. The van der Waals surface area contributed by atoms with E-state index in [1.165, 1.54) is 0 Å². The molecule has 1 aromatic rings. The van der Waals surface area contributed by atoms with Gasteiger partial charge >= 0.3 is 0 Å². The lowest BCUT2D eigenvalue weighted by atomic mass is 10.1. The molecule has 0 aromatic carbocycles. The maximum Gasteiger partial charge on any atom is 0.254 e. The minimum Gasteiger partial charge on any atom is -0.396 e. The number of aliphatic hydroxyl groups is 1. The maximum atomic E-state index is 12.3. The van der Waals surface area contributed by atoms with Crippen molar-refractivity contribution in [3.8, 4) is 11.8 Å². The van der Waals surface area contributed by atoms with Crippen molar-refractivity contribution in [1.29, 1.82) is 0 Å². The second kappa shape index (κ2) is 9.08. The first kappa shape index (κ1) is 16.2. The van der Waals surface area contributed by atoms with Gasteiger partial charge < -0.3 is 15.7 Å². The van der Waals surface area contributed by atoms with Crippen LogP contribution < -0.4 is 5.73 Å². The van der Waals surface area contributed by atoms with Gasteiger partial charge in [-0.15, -0.1) is 0 Å². The molecule has 1 amide bonds. The summed E-state index contributed by atoms with van der Waals surface area (Å²) in [7, 11) is 1.77. The molecule has 108 valence electrons. The lowest BCUT2D eigenvalue weighted by Crippen LogP contribution is -2.28. The molecule has 5 heteroatoms. The molecule has 0 aliphatic carbocycles. The highest BCUT2D eigenvalue weighted by Crippen LogP contribution is 2.09. The summed E-state index contributed by atoms with van der Waals surface area (Å²) in [6.07, 6.45) is 5.71. The zero-order valence-corrected chi connectivity index (χ0v) is 11.8. The molecule has 1 rings (SSSR count). The lowest BCUT2D eigenvalue weighted by Gasteiger charge is -2.17. The van der Waals surface area contributed by atoms with Crippen LogP contribution in [0.2, 0.25) is 0 Å². The molecule has 0 unspecified atom stereocenters. The molecule has 0 saturated heterocycles. The number of nitrogens with two attached hydrogens (primary N) is 1. The van der Waals surface area contributed by atoms with Crippen LogP contribution in [-0.2, 0) is 0 Å². The van der Waals surface area contributed by atoms with E-state index in [1.807, 2.05) is 0 Å². The molecule has 0 radical (unpaired) electrons. The van der Waals surface area contributed by atoms with Crippen molar-refractivity contribution in [2.45, 2.75) is 19.3 Å².